The Morgan fingerprint density at radius 1 is 1.14 bits per heavy atom. The van der Waals surface area contributed by atoms with Gasteiger partial charge in [-0.1, -0.05) is 23.2 Å². The van der Waals surface area contributed by atoms with Gasteiger partial charge in [0.05, 0.1) is 39.7 Å². The maximum Gasteiger partial charge on any atom is 0.224 e. The molecule has 2 aromatic heterocycles. The summed E-state index contributed by atoms with van der Waals surface area (Å²) in [5.74, 6) is 0.548. The van der Waals surface area contributed by atoms with Gasteiger partial charge in [0, 0.05) is 18.0 Å². The Morgan fingerprint density at radius 2 is 1.86 bits per heavy atom. The van der Waals surface area contributed by atoms with Gasteiger partial charge in [-0.2, -0.15) is 10.2 Å². The number of aliphatic hydroxyl groups is 1. The van der Waals surface area contributed by atoms with Crippen molar-refractivity contribution in [2.24, 2.45) is 11.7 Å². The van der Waals surface area contributed by atoms with Crippen molar-refractivity contribution in [1.29, 1.82) is 5.26 Å². The summed E-state index contributed by atoms with van der Waals surface area (Å²) in [5.41, 5.74) is 7.58. The minimum atomic E-state index is -0.321. The molecule has 0 radical (unpaired) electrons. The first-order valence-electron chi connectivity index (χ1n) is 12.5. The van der Waals surface area contributed by atoms with E-state index >= 15 is 0 Å². The topological polar surface area (TPSA) is 155 Å². The summed E-state index contributed by atoms with van der Waals surface area (Å²) in [5, 5.41) is 26.5. The van der Waals surface area contributed by atoms with Crippen LogP contribution in [0.2, 0.25) is 10.0 Å². The van der Waals surface area contributed by atoms with Crippen LogP contribution in [-0.4, -0.2) is 42.7 Å². The number of hydrogen-bond donors (Lipinski definition) is 4. The highest BCUT2D eigenvalue weighted by Crippen LogP contribution is 2.39. The molecule has 0 saturated heterocycles. The molecule has 5 N–H and O–H groups in total. The number of nitrogens with one attached hydrogen (secondary N) is 2. The number of hydrogen-bond acceptors (Lipinski definition) is 8. The van der Waals surface area contributed by atoms with Crippen LogP contribution in [0.25, 0.3) is 11.2 Å². The average molecular weight is 543 g/mol. The SMILES string of the molecule is N#Cc1cc(Cl)c(Nc2nc3cnc(N[C@H]4CCC[C@H](O)C4)nc3n2C2CCC(C(N)=O)CC2)c(Cl)c1. The third-order valence-corrected chi connectivity index (χ3v) is 7.88. The molecule has 2 aliphatic rings. The van der Waals surface area contributed by atoms with Gasteiger partial charge in [0.1, 0.15) is 5.52 Å². The molecule has 0 aliphatic heterocycles. The number of aromatic nitrogens is 4. The van der Waals surface area contributed by atoms with Crippen LogP contribution in [0.1, 0.15) is 63.0 Å². The van der Waals surface area contributed by atoms with Gasteiger partial charge in [-0.05, 0) is 63.5 Å². The number of anilines is 3. The first-order valence-corrected chi connectivity index (χ1v) is 13.2. The van der Waals surface area contributed by atoms with Gasteiger partial charge >= 0.3 is 0 Å². The lowest BCUT2D eigenvalue weighted by Gasteiger charge is -2.29. The minimum Gasteiger partial charge on any atom is -0.393 e. The number of fused-ring (bicyclic) bond motifs is 1. The monoisotopic (exact) mass is 542 g/mol. The van der Waals surface area contributed by atoms with Gasteiger partial charge in [-0.15, -0.1) is 0 Å². The molecule has 0 bridgehead atoms. The number of carbonyl (C=O) groups excluding carboxylic acids is 1. The van der Waals surface area contributed by atoms with E-state index in [0.717, 1.165) is 32.1 Å². The maximum absolute atomic E-state index is 11.7. The summed E-state index contributed by atoms with van der Waals surface area (Å²) in [6.45, 7) is 0. The number of nitrogens with two attached hydrogens (primary N) is 1. The van der Waals surface area contributed by atoms with Gasteiger partial charge in [-0.3, -0.25) is 9.36 Å². The Morgan fingerprint density at radius 3 is 2.51 bits per heavy atom. The number of rotatable bonds is 6. The molecular formula is C25H28Cl2N8O2. The van der Waals surface area contributed by atoms with Crippen LogP contribution in [0.3, 0.4) is 0 Å². The molecule has 5 rings (SSSR count). The quantitative estimate of drug-likeness (QED) is 0.349. The highest BCUT2D eigenvalue weighted by molar-refractivity contribution is 6.39. The minimum absolute atomic E-state index is 0.0123. The summed E-state index contributed by atoms with van der Waals surface area (Å²) < 4.78 is 2.01. The third kappa shape index (κ3) is 5.44. The Balaban J connectivity index is 1.52. The second-order valence-corrected chi connectivity index (χ2v) is 10.6. The van der Waals surface area contributed by atoms with Crippen molar-refractivity contribution in [3.8, 4) is 6.07 Å². The summed E-state index contributed by atoms with van der Waals surface area (Å²) in [4.78, 5) is 25.8. The molecule has 0 spiro atoms. The molecule has 194 valence electrons. The highest BCUT2D eigenvalue weighted by Gasteiger charge is 2.30. The van der Waals surface area contributed by atoms with Crippen LogP contribution in [0.5, 0.6) is 0 Å². The molecule has 2 fully saturated rings. The molecule has 2 aliphatic carbocycles. The molecule has 2 heterocycles. The van der Waals surface area contributed by atoms with E-state index in [1.807, 2.05) is 10.6 Å². The predicted octanol–water partition coefficient (Wildman–Crippen LogP) is 4.68. The molecule has 1 amide bonds. The van der Waals surface area contributed by atoms with E-state index in [-0.39, 0.29) is 30.0 Å². The van der Waals surface area contributed by atoms with Crippen molar-refractivity contribution in [1.82, 2.24) is 19.5 Å². The van der Waals surface area contributed by atoms with Crippen molar-refractivity contribution in [3.63, 3.8) is 0 Å². The number of carbonyl (C=O) groups is 1. The van der Waals surface area contributed by atoms with Gasteiger partial charge < -0.3 is 21.5 Å². The smallest absolute Gasteiger partial charge is 0.224 e. The Bertz CT molecular complexity index is 1340. The molecule has 12 heteroatoms. The number of benzene rings is 1. The summed E-state index contributed by atoms with van der Waals surface area (Å²) in [7, 11) is 0. The highest BCUT2D eigenvalue weighted by atomic mass is 35.5. The summed E-state index contributed by atoms with van der Waals surface area (Å²) in [6, 6.07) is 5.24. The lowest BCUT2D eigenvalue weighted by atomic mass is 9.85. The number of aliphatic hydroxyl groups excluding tert-OH is 1. The standard InChI is InChI=1S/C25H28Cl2N8O2/c26-18-8-13(11-28)9-19(27)21(18)33-25-32-20-12-30-24(31-15-2-1-3-17(36)10-15)34-23(20)35(25)16-6-4-14(5-7-16)22(29)37/h8-9,12,14-17,36H,1-7,10H2,(H2,29,37)(H,32,33)(H,30,31,34)/t14?,15-,16?,17-/m0/s1. The zero-order valence-electron chi connectivity index (χ0n) is 20.1. The van der Waals surface area contributed by atoms with E-state index in [0.29, 0.717) is 63.6 Å². The molecule has 3 aromatic rings. The van der Waals surface area contributed by atoms with E-state index < -0.39 is 0 Å². The van der Waals surface area contributed by atoms with E-state index in [1.165, 1.54) is 0 Å². The lowest BCUT2D eigenvalue weighted by Crippen LogP contribution is -2.30. The van der Waals surface area contributed by atoms with E-state index in [4.69, 9.17) is 38.9 Å². The summed E-state index contributed by atoms with van der Waals surface area (Å²) in [6.07, 6.45) is 7.51. The predicted molar refractivity (Wildman–Crippen MR) is 142 cm³/mol. The van der Waals surface area contributed by atoms with Gasteiger partial charge in [-0.25, -0.2) is 9.97 Å². The Hall–Kier alpha value is -3.13. The van der Waals surface area contributed by atoms with Crippen LogP contribution in [-0.2, 0) is 4.79 Å². The van der Waals surface area contributed by atoms with Gasteiger partial charge in [0.25, 0.3) is 0 Å². The van der Waals surface area contributed by atoms with E-state index in [1.54, 1.807) is 18.3 Å². The normalized spacial score (nSPS) is 23.9. The fourth-order valence-electron chi connectivity index (χ4n) is 5.36. The zero-order chi connectivity index (χ0) is 26.1. The molecule has 2 atom stereocenters. The first-order chi connectivity index (χ1) is 17.8. The van der Waals surface area contributed by atoms with E-state index in [2.05, 4.69) is 15.6 Å². The van der Waals surface area contributed by atoms with Crippen LogP contribution < -0.4 is 16.4 Å². The van der Waals surface area contributed by atoms with Crippen LogP contribution in [0.15, 0.2) is 18.3 Å². The van der Waals surface area contributed by atoms with E-state index in [9.17, 15) is 15.2 Å². The number of imidazole rings is 1. The first kappa shape index (κ1) is 25.5. The Labute approximate surface area is 224 Å². The van der Waals surface area contributed by atoms with Crippen molar-refractivity contribution >= 4 is 57.9 Å². The molecular weight excluding hydrogens is 515 g/mol. The van der Waals surface area contributed by atoms with Crippen LogP contribution in [0.4, 0.5) is 17.6 Å². The number of halogens is 2. The molecule has 1 aromatic carbocycles. The number of nitrogens with zero attached hydrogens (tertiary/aromatic N) is 5. The van der Waals surface area contributed by atoms with Crippen molar-refractivity contribution < 1.29 is 9.90 Å². The van der Waals surface area contributed by atoms with Gasteiger partial charge in [0.15, 0.2) is 5.65 Å². The van der Waals surface area contributed by atoms with Crippen molar-refractivity contribution in [2.45, 2.75) is 69.6 Å². The van der Waals surface area contributed by atoms with Crippen molar-refractivity contribution in [2.75, 3.05) is 10.6 Å². The fraction of sp³-hybridized carbons (Fsp3) is 0.480. The van der Waals surface area contributed by atoms with Gasteiger partial charge in [0.2, 0.25) is 17.8 Å². The Kier molecular flexibility index (Phi) is 7.38. The number of primary amides is 1. The maximum atomic E-state index is 11.7. The van der Waals surface area contributed by atoms with Crippen LogP contribution in [0, 0.1) is 17.2 Å². The zero-order valence-corrected chi connectivity index (χ0v) is 21.6. The van der Waals surface area contributed by atoms with Crippen LogP contribution >= 0.6 is 23.2 Å². The molecule has 10 nitrogen and oxygen atoms in total. The second-order valence-electron chi connectivity index (χ2n) is 9.83. The third-order valence-electron chi connectivity index (χ3n) is 7.28. The molecule has 0 unspecified atom stereocenters. The van der Waals surface area contributed by atoms with Crippen molar-refractivity contribution in [3.05, 3.63) is 33.9 Å². The largest absolute Gasteiger partial charge is 0.393 e. The molecule has 2 saturated carbocycles. The lowest BCUT2D eigenvalue weighted by molar-refractivity contribution is -0.122. The number of nitriles is 1. The summed E-state index contributed by atoms with van der Waals surface area (Å²) >= 11 is 12.9. The average Bonchev–Trinajstić information content (AvgIpc) is 3.23. The molecule has 37 heavy (non-hydrogen) atoms. The fourth-order valence-corrected chi connectivity index (χ4v) is 5.94. The number of amides is 1. The second kappa shape index (κ2) is 10.7.